The quantitative estimate of drug-likeness (QED) is 0.775. The molecule has 20 heavy (non-hydrogen) atoms. The highest BCUT2D eigenvalue weighted by molar-refractivity contribution is 9.10. The average molecular weight is 375 g/mol. The van der Waals surface area contributed by atoms with E-state index in [0.717, 1.165) is 0 Å². The second-order valence-electron chi connectivity index (χ2n) is 4.17. The van der Waals surface area contributed by atoms with Crippen molar-refractivity contribution in [1.82, 2.24) is 0 Å². The Morgan fingerprint density at radius 1 is 1.25 bits per heavy atom. The number of aryl methyl sites for hydroxylation is 1. The monoisotopic (exact) mass is 373 g/mol. The second-order valence-corrected chi connectivity index (χ2v) is 5.90. The molecular formula is C14H10BrCl2NO2. The van der Waals surface area contributed by atoms with E-state index in [1.807, 2.05) is 0 Å². The highest BCUT2D eigenvalue weighted by Gasteiger charge is 2.16. The number of carbonyl (C=O) groups excluding carboxylic acids is 1. The molecule has 0 heterocycles. The van der Waals surface area contributed by atoms with Gasteiger partial charge in [0.15, 0.2) is 0 Å². The van der Waals surface area contributed by atoms with Gasteiger partial charge in [-0.05, 0) is 30.7 Å². The summed E-state index contributed by atoms with van der Waals surface area (Å²) in [7, 11) is 0. The molecule has 0 fully saturated rings. The highest BCUT2D eigenvalue weighted by atomic mass is 79.9. The fourth-order valence-corrected chi connectivity index (χ4v) is 2.99. The molecule has 0 radical (unpaired) electrons. The van der Waals surface area contributed by atoms with Crippen LogP contribution in [-0.4, -0.2) is 11.0 Å². The number of hydrogen-bond acceptors (Lipinski definition) is 2. The van der Waals surface area contributed by atoms with Crippen molar-refractivity contribution in [3.05, 3.63) is 56.0 Å². The lowest BCUT2D eigenvalue weighted by molar-refractivity contribution is 0.102. The van der Waals surface area contributed by atoms with E-state index in [1.54, 1.807) is 31.2 Å². The van der Waals surface area contributed by atoms with Crippen LogP contribution in [0.1, 0.15) is 15.9 Å². The third kappa shape index (κ3) is 3.08. The van der Waals surface area contributed by atoms with E-state index in [9.17, 15) is 9.90 Å². The number of phenolic OH excluding ortho intramolecular Hbond substituents is 1. The van der Waals surface area contributed by atoms with Gasteiger partial charge in [0.05, 0.1) is 21.3 Å². The van der Waals surface area contributed by atoms with Crippen LogP contribution in [0.25, 0.3) is 0 Å². The van der Waals surface area contributed by atoms with Crippen LogP contribution in [0.2, 0.25) is 10.0 Å². The number of carbonyl (C=O) groups is 1. The van der Waals surface area contributed by atoms with Gasteiger partial charge in [0.25, 0.3) is 5.91 Å². The molecule has 1 amide bonds. The number of anilines is 1. The van der Waals surface area contributed by atoms with Gasteiger partial charge in [-0.3, -0.25) is 4.79 Å². The Balaban J connectivity index is 2.36. The summed E-state index contributed by atoms with van der Waals surface area (Å²) in [5.74, 6) is -0.535. The molecule has 0 saturated carbocycles. The number of rotatable bonds is 2. The third-order valence-corrected chi connectivity index (χ3v) is 3.78. The SMILES string of the molecule is Cc1cccc(C(=O)Nc2c(Cl)cc(Br)cc2Cl)c1O. The first-order valence-electron chi connectivity index (χ1n) is 5.64. The Bertz CT molecular complexity index is 666. The molecule has 0 saturated heterocycles. The molecule has 6 heteroatoms. The van der Waals surface area contributed by atoms with Gasteiger partial charge >= 0.3 is 0 Å². The van der Waals surface area contributed by atoms with E-state index >= 15 is 0 Å². The van der Waals surface area contributed by atoms with Crippen LogP contribution in [0.4, 0.5) is 5.69 Å². The van der Waals surface area contributed by atoms with Crippen molar-refractivity contribution in [3.63, 3.8) is 0 Å². The predicted octanol–water partition coefficient (Wildman–Crippen LogP) is 5.02. The van der Waals surface area contributed by atoms with Crippen molar-refractivity contribution in [2.75, 3.05) is 5.32 Å². The molecule has 0 aliphatic rings. The lowest BCUT2D eigenvalue weighted by Crippen LogP contribution is -2.13. The van der Waals surface area contributed by atoms with Crippen molar-refractivity contribution >= 4 is 50.7 Å². The maximum atomic E-state index is 12.2. The number of aromatic hydroxyl groups is 1. The first-order chi connectivity index (χ1) is 9.40. The Kier molecular flexibility index (Phi) is 4.58. The first-order valence-corrected chi connectivity index (χ1v) is 7.19. The Labute approximate surface area is 134 Å². The normalized spacial score (nSPS) is 10.4. The third-order valence-electron chi connectivity index (χ3n) is 2.73. The topological polar surface area (TPSA) is 49.3 Å². The maximum absolute atomic E-state index is 12.2. The number of benzene rings is 2. The van der Waals surface area contributed by atoms with Crippen LogP contribution in [0.5, 0.6) is 5.75 Å². The molecule has 2 aromatic rings. The minimum atomic E-state index is -0.475. The van der Waals surface area contributed by atoms with Crippen LogP contribution in [0.3, 0.4) is 0 Å². The molecule has 0 aromatic heterocycles. The second kappa shape index (κ2) is 6.04. The molecule has 0 atom stereocenters. The minimum Gasteiger partial charge on any atom is -0.507 e. The standard InChI is InChI=1S/C14H10BrCl2NO2/c1-7-3-2-4-9(13(7)19)14(20)18-12-10(16)5-8(15)6-11(12)17/h2-6,19H,1H3,(H,18,20). The minimum absolute atomic E-state index is 0.0608. The number of hydrogen-bond donors (Lipinski definition) is 2. The molecule has 104 valence electrons. The summed E-state index contributed by atoms with van der Waals surface area (Å²) in [5.41, 5.74) is 1.09. The average Bonchev–Trinajstić information content (AvgIpc) is 2.36. The number of para-hydroxylation sites is 1. The smallest absolute Gasteiger partial charge is 0.259 e. The lowest BCUT2D eigenvalue weighted by Gasteiger charge is -2.11. The molecule has 3 nitrogen and oxygen atoms in total. The Morgan fingerprint density at radius 2 is 1.85 bits per heavy atom. The fourth-order valence-electron chi connectivity index (χ4n) is 1.68. The molecule has 0 unspecified atom stereocenters. The molecule has 0 aliphatic heterocycles. The maximum Gasteiger partial charge on any atom is 0.259 e. The summed E-state index contributed by atoms with van der Waals surface area (Å²) in [4.78, 5) is 12.2. The van der Waals surface area contributed by atoms with Crippen molar-refractivity contribution < 1.29 is 9.90 Å². The number of amides is 1. The molecule has 2 rings (SSSR count). The van der Waals surface area contributed by atoms with Gasteiger partial charge < -0.3 is 10.4 Å². The predicted molar refractivity (Wildman–Crippen MR) is 85.0 cm³/mol. The Morgan fingerprint density at radius 3 is 2.45 bits per heavy atom. The number of phenols is 1. The van der Waals surface area contributed by atoms with E-state index in [2.05, 4.69) is 21.2 Å². The summed E-state index contributed by atoms with van der Waals surface area (Å²) < 4.78 is 0.712. The molecular weight excluding hydrogens is 365 g/mol. The van der Waals surface area contributed by atoms with Gasteiger partial charge in [-0.25, -0.2) is 0 Å². The largest absolute Gasteiger partial charge is 0.507 e. The van der Waals surface area contributed by atoms with Gasteiger partial charge in [-0.15, -0.1) is 0 Å². The summed E-state index contributed by atoms with van der Waals surface area (Å²) in [5, 5.41) is 13.1. The summed E-state index contributed by atoms with van der Waals surface area (Å²) >= 11 is 15.3. The van der Waals surface area contributed by atoms with Crippen molar-refractivity contribution in [3.8, 4) is 5.75 Å². The van der Waals surface area contributed by atoms with Crippen molar-refractivity contribution in [2.45, 2.75) is 6.92 Å². The molecule has 0 bridgehead atoms. The fraction of sp³-hybridized carbons (Fsp3) is 0.0714. The number of nitrogens with one attached hydrogen (secondary N) is 1. The lowest BCUT2D eigenvalue weighted by atomic mass is 10.1. The first kappa shape index (κ1) is 15.2. The summed E-state index contributed by atoms with van der Waals surface area (Å²) in [6.07, 6.45) is 0. The van der Waals surface area contributed by atoms with Crippen molar-refractivity contribution in [1.29, 1.82) is 0 Å². The van der Waals surface area contributed by atoms with E-state index in [4.69, 9.17) is 23.2 Å². The molecule has 2 N–H and O–H groups in total. The zero-order valence-electron chi connectivity index (χ0n) is 10.4. The molecule has 0 spiro atoms. The van der Waals surface area contributed by atoms with Crippen LogP contribution >= 0.6 is 39.1 Å². The van der Waals surface area contributed by atoms with Crippen LogP contribution < -0.4 is 5.32 Å². The Hall–Kier alpha value is -1.23. The van der Waals surface area contributed by atoms with Crippen LogP contribution in [0.15, 0.2) is 34.8 Å². The van der Waals surface area contributed by atoms with Gasteiger partial charge in [0, 0.05) is 4.47 Å². The van der Waals surface area contributed by atoms with Gasteiger partial charge in [0.1, 0.15) is 5.75 Å². The molecule has 2 aromatic carbocycles. The van der Waals surface area contributed by atoms with Crippen LogP contribution in [-0.2, 0) is 0 Å². The van der Waals surface area contributed by atoms with Crippen molar-refractivity contribution in [2.24, 2.45) is 0 Å². The zero-order valence-corrected chi connectivity index (χ0v) is 13.5. The van der Waals surface area contributed by atoms with Gasteiger partial charge in [-0.2, -0.15) is 0 Å². The zero-order chi connectivity index (χ0) is 14.9. The van der Waals surface area contributed by atoms with Crippen LogP contribution in [0, 0.1) is 6.92 Å². The van der Waals surface area contributed by atoms with E-state index in [-0.39, 0.29) is 11.3 Å². The summed E-state index contributed by atoms with van der Waals surface area (Å²) in [6.45, 7) is 1.71. The van der Waals surface area contributed by atoms with E-state index < -0.39 is 5.91 Å². The molecule has 0 aliphatic carbocycles. The number of halogens is 3. The highest BCUT2D eigenvalue weighted by Crippen LogP contribution is 2.34. The van der Waals surface area contributed by atoms with Gasteiger partial charge in [0.2, 0.25) is 0 Å². The summed E-state index contributed by atoms with van der Waals surface area (Å²) in [6, 6.07) is 8.18. The van der Waals surface area contributed by atoms with E-state index in [1.165, 1.54) is 6.07 Å². The van der Waals surface area contributed by atoms with E-state index in [0.29, 0.717) is 25.8 Å². The van der Waals surface area contributed by atoms with Gasteiger partial charge in [-0.1, -0.05) is 51.3 Å².